The van der Waals surface area contributed by atoms with Crippen LogP contribution in [0.3, 0.4) is 0 Å². The van der Waals surface area contributed by atoms with E-state index in [2.05, 4.69) is 0 Å². The van der Waals surface area contributed by atoms with E-state index in [1.54, 1.807) is 0 Å². The number of hydrogen-bond acceptors (Lipinski definition) is 0. The molecule has 0 radical (unpaired) electrons. The molecule has 0 bridgehead atoms. The van der Waals surface area contributed by atoms with Crippen molar-refractivity contribution in [3.8, 4) is 0 Å². The largest absolute Gasteiger partial charge is 0.330 e. The quantitative estimate of drug-likeness (QED) is 0.637. The van der Waals surface area contributed by atoms with Crippen LogP contribution in [0.1, 0.15) is 5.56 Å². The van der Waals surface area contributed by atoms with Gasteiger partial charge in [0.1, 0.15) is 0 Å². The van der Waals surface area contributed by atoms with Crippen molar-refractivity contribution in [3.63, 3.8) is 0 Å². The van der Waals surface area contributed by atoms with Crippen LogP contribution < -0.4 is 0 Å². The van der Waals surface area contributed by atoms with Gasteiger partial charge in [0.05, 0.1) is 5.57 Å². The fourth-order valence-electron chi connectivity index (χ4n) is 1.50. The van der Waals surface area contributed by atoms with Crippen LogP contribution in [0.2, 0.25) is 0 Å². The van der Waals surface area contributed by atoms with Crippen molar-refractivity contribution in [1.29, 1.82) is 0 Å². The summed E-state index contributed by atoms with van der Waals surface area (Å²) in [5.74, 6) is -10.6. The maximum absolute atomic E-state index is 13.2. The molecule has 2 rings (SSSR count). The average Bonchev–Trinajstić information content (AvgIpc) is 2.41. The van der Waals surface area contributed by atoms with Crippen molar-refractivity contribution in [3.05, 3.63) is 53.4 Å². The summed E-state index contributed by atoms with van der Waals surface area (Å²) in [4.78, 5) is 0. The van der Waals surface area contributed by atoms with Crippen molar-refractivity contribution >= 4 is 5.57 Å². The number of halogens is 5. The average molecular weight is 232 g/mol. The van der Waals surface area contributed by atoms with Crippen LogP contribution in [-0.2, 0) is 0 Å². The molecule has 0 spiro atoms. The van der Waals surface area contributed by atoms with Crippen molar-refractivity contribution in [2.45, 2.75) is 5.92 Å². The summed E-state index contributed by atoms with van der Waals surface area (Å²) >= 11 is 0. The molecular weight excluding hydrogens is 227 g/mol. The molecule has 0 atom stereocenters. The maximum Gasteiger partial charge on any atom is 0.330 e. The van der Waals surface area contributed by atoms with Gasteiger partial charge < -0.3 is 0 Å². The first kappa shape index (κ1) is 10.9. The van der Waals surface area contributed by atoms with Crippen LogP contribution in [0, 0.1) is 0 Å². The van der Waals surface area contributed by atoms with Crippen LogP contribution in [0.4, 0.5) is 22.0 Å². The molecule has 0 heterocycles. The van der Waals surface area contributed by atoms with Crippen molar-refractivity contribution in [1.82, 2.24) is 0 Å². The standard InChI is InChI=1S/C11H5F5/c12-8-7(6-4-2-1-3-5-6)11(15,16)10(14)9(8)13/h1-5H. The number of benzene rings is 1. The second-order valence-corrected chi connectivity index (χ2v) is 3.26. The Morgan fingerprint density at radius 1 is 0.812 bits per heavy atom. The Bertz CT molecular complexity index is 484. The Balaban J connectivity index is 2.61. The Morgan fingerprint density at radius 3 is 1.81 bits per heavy atom. The highest BCUT2D eigenvalue weighted by molar-refractivity contribution is 5.81. The zero-order valence-corrected chi connectivity index (χ0v) is 7.78. The zero-order chi connectivity index (χ0) is 11.9. The molecule has 0 saturated carbocycles. The van der Waals surface area contributed by atoms with Crippen LogP contribution in [0.5, 0.6) is 0 Å². The molecule has 0 amide bonds. The van der Waals surface area contributed by atoms with Gasteiger partial charge in [-0.2, -0.15) is 8.78 Å². The summed E-state index contributed by atoms with van der Waals surface area (Å²) in [5, 5.41) is 0. The molecule has 1 aliphatic carbocycles. The van der Waals surface area contributed by atoms with E-state index in [1.165, 1.54) is 18.2 Å². The predicted molar refractivity (Wildman–Crippen MR) is 48.7 cm³/mol. The molecule has 0 aromatic heterocycles. The Hall–Kier alpha value is -1.65. The van der Waals surface area contributed by atoms with E-state index in [0.29, 0.717) is 0 Å². The van der Waals surface area contributed by atoms with Gasteiger partial charge in [-0.05, 0) is 5.56 Å². The van der Waals surface area contributed by atoms with Crippen LogP contribution in [0.15, 0.2) is 47.8 Å². The van der Waals surface area contributed by atoms with Crippen molar-refractivity contribution < 1.29 is 22.0 Å². The second kappa shape index (κ2) is 3.43. The van der Waals surface area contributed by atoms with Crippen LogP contribution in [0.25, 0.3) is 5.57 Å². The van der Waals surface area contributed by atoms with E-state index in [4.69, 9.17) is 0 Å². The van der Waals surface area contributed by atoms with E-state index in [0.717, 1.165) is 12.1 Å². The van der Waals surface area contributed by atoms with Gasteiger partial charge in [0.2, 0.25) is 5.83 Å². The van der Waals surface area contributed by atoms with E-state index in [-0.39, 0.29) is 5.56 Å². The van der Waals surface area contributed by atoms with Gasteiger partial charge in [-0.15, -0.1) is 0 Å². The Kier molecular flexibility index (Phi) is 2.33. The summed E-state index contributed by atoms with van der Waals surface area (Å²) in [6.07, 6.45) is 0. The van der Waals surface area contributed by atoms with Gasteiger partial charge in [-0.3, -0.25) is 0 Å². The predicted octanol–water partition coefficient (Wildman–Crippen LogP) is 4.17. The molecule has 1 aromatic rings. The molecule has 84 valence electrons. The van der Waals surface area contributed by atoms with Crippen LogP contribution in [-0.4, -0.2) is 5.92 Å². The summed E-state index contributed by atoms with van der Waals surface area (Å²) in [6.45, 7) is 0. The fourth-order valence-corrected chi connectivity index (χ4v) is 1.50. The van der Waals surface area contributed by atoms with E-state index < -0.39 is 29.0 Å². The topological polar surface area (TPSA) is 0 Å². The summed E-state index contributed by atoms with van der Waals surface area (Å²) in [5.41, 5.74) is -1.50. The molecule has 5 heteroatoms. The summed E-state index contributed by atoms with van der Waals surface area (Å²) in [6, 6.07) is 6.60. The van der Waals surface area contributed by atoms with Gasteiger partial charge >= 0.3 is 5.92 Å². The Morgan fingerprint density at radius 2 is 1.38 bits per heavy atom. The van der Waals surface area contributed by atoms with Crippen molar-refractivity contribution in [2.75, 3.05) is 0 Å². The molecule has 0 unspecified atom stereocenters. The third-order valence-electron chi connectivity index (χ3n) is 2.26. The van der Waals surface area contributed by atoms with E-state index >= 15 is 0 Å². The summed E-state index contributed by atoms with van der Waals surface area (Å²) < 4.78 is 65.1. The highest BCUT2D eigenvalue weighted by Gasteiger charge is 2.51. The normalized spacial score (nSPS) is 19.6. The minimum absolute atomic E-state index is 0.243. The second-order valence-electron chi connectivity index (χ2n) is 3.26. The monoisotopic (exact) mass is 232 g/mol. The molecule has 16 heavy (non-hydrogen) atoms. The third kappa shape index (κ3) is 1.35. The zero-order valence-electron chi connectivity index (χ0n) is 7.78. The highest BCUT2D eigenvalue weighted by Crippen LogP contribution is 2.50. The van der Waals surface area contributed by atoms with Crippen molar-refractivity contribution in [2.24, 2.45) is 0 Å². The van der Waals surface area contributed by atoms with Gasteiger partial charge in [0, 0.05) is 0 Å². The van der Waals surface area contributed by atoms with Gasteiger partial charge in [-0.1, -0.05) is 30.3 Å². The van der Waals surface area contributed by atoms with Gasteiger partial charge in [0.25, 0.3) is 0 Å². The molecular formula is C11H5F5. The molecule has 0 aliphatic heterocycles. The number of allylic oxidation sites excluding steroid dienone is 4. The highest BCUT2D eigenvalue weighted by atomic mass is 19.3. The fraction of sp³-hybridized carbons (Fsp3) is 0.0909. The molecule has 1 aromatic carbocycles. The molecule has 0 nitrogen and oxygen atoms in total. The molecule has 0 N–H and O–H groups in total. The smallest absolute Gasteiger partial charge is 0.203 e. The maximum atomic E-state index is 13.2. The molecule has 0 fully saturated rings. The third-order valence-corrected chi connectivity index (χ3v) is 2.26. The first-order valence-corrected chi connectivity index (χ1v) is 4.36. The number of hydrogen-bond donors (Lipinski definition) is 0. The lowest BCUT2D eigenvalue weighted by molar-refractivity contribution is 0.0823. The van der Waals surface area contributed by atoms with Crippen LogP contribution >= 0.6 is 0 Å². The Labute approximate surface area is 87.7 Å². The minimum atomic E-state index is -4.24. The minimum Gasteiger partial charge on any atom is -0.203 e. The number of alkyl halides is 2. The molecule has 0 saturated heterocycles. The summed E-state index contributed by atoms with van der Waals surface area (Å²) in [7, 11) is 0. The SMILES string of the molecule is FC1=C(F)C(F)(F)C(c2ccccc2)=C1F. The number of rotatable bonds is 1. The lowest BCUT2D eigenvalue weighted by Crippen LogP contribution is -2.16. The van der Waals surface area contributed by atoms with Gasteiger partial charge in [-0.25, -0.2) is 13.2 Å². The first-order valence-electron chi connectivity index (χ1n) is 4.36. The van der Waals surface area contributed by atoms with Gasteiger partial charge in [0.15, 0.2) is 11.7 Å². The first-order chi connectivity index (χ1) is 7.46. The lowest BCUT2D eigenvalue weighted by atomic mass is 10.0. The van der Waals surface area contributed by atoms with E-state index in [1.807, 2.05) is 0 Å². The van der Waals surface area contributed by atoms with E-state index in [9.17, 15) is 22.0 Å². The molecule has 1 aliphatic rings. The lowest BCUT2D eigenvalue weighted by Gasteiger charge is -2.13.